The molecule has 0 amide bonds. The van der Waals surface area contributed by atoms with Crippen molar-refractivity contribution in [3.05, 3.63) is 51.5 Å². The molecule has 0 bridgehead atoms. The average Bonchev–Trinajstić information content (AvgIpc) is 2.83. The Morgan fingerprint density at radius 2 is 1.86 bits per heavy atom. The molecule has 0 aliphatic heterocycles. The lowest BCUT2D eigenvalue weighted by Crippen LogP contribution is -2.23. The SMILES string of the molecule is CCNC(Cc1csc(C)n1)c1ccc(C(C)(C)C)cc1. The van der Waals surface area contributed by atoms with Gasteiger partial charge in [-0.15, -0.1) is 11.3 Å². The van der Waals surface area contributed by atoms with Crippen LogP contribution in [0.3, 0.4) is 0 Å². The van der Waals surface area contributed by atoms with Gasteiger partial charge in [-0.1, -0.05) is 52.0 Å². The Hall–Kier alpha value is -1.19. The van der Waals surface area contributed by atoms with Crippen LogP contribution in [0.1, 0.15) is 55.6 Å². The number of nitrogens with one attached hydrogen (secondary N) is 1. The first-order valence-electron chi connectivity index (χ1n) is 7.65. The summed E-state index contributed by atoms with van der Waals surface area (Å²) in [6.07, 6.45) is 0.951. The predicted octanol–water partition coefficient (Wildman–Crippen LogP) is 4.64. The van der Waals surface area contributed by atoms with E-state index in [0.717, 1.165) is 18.0 Å². The minimum atomic E-state index is 0.207. The summed E-state index contributed by atoms with van der Waals surface area (Å²) in [5, 5.41) is 6.89. The van der Waals surface area contributed by atoms with Crippen molar-refractivity contribution in [2.45, 2.75) is 52.5 Å². The highest BCUT2D eigenvalue weighted by Gasteiger charge is 2.16. The van der Waals surface area contributed by atoms with Crippen molar-refractivity contribution >= 4 is 11.3 Å². The molecule has 3 heteroatoms. The molecule has 0 saturated carbocycles. The fourth-order valence-electron chi connectivity index (χ4n) is 2.48. The first-order chi connectivity index (χ1) is 9.90. The van der Waals surface area contributed by atoms with E-state index >= 15 is 0 Å². The quantitative estimate of drug-likeness (QED) is 0.870. The zero-order valence-electron chi connectivity index (χ0n) is 13.7. The van der Waals surface area contributed by atoms with Crippen molar-refractivity contribution in [3.8, 4) is 0 Å². The number of benzene rings is 1. The van der Waals surface area contributed by atoms with E-state index < -0.39 is 0 Å². The average molecular weight is 302 g/mol. The fraction of sp³-hybridized carbons (Fsp3) is 0.500. The molecule has 2 rings (SSSR count). The van der Waals surface area contributed by atoms with Crippen LogP contribution in [0.15, 0.2) is 29.6 Å². The van der Waals surface area contributed by atoms with Crippen LogP contribution in [-0.4, -0.2) is 11.5 Å². The minimum absolute atomic E-state index is 0.207. The number of likely N-dealkylation sites (N-methyl/N-ethyl adjacent to an activating group) is 1. The summed E-state index contributed by atoms with van der Waals surface area (Å²) in [6, 6.07) is 9.36. The number of rotatable bonds is 5. The van der Waals surface area contributed by atoms with Crippen molar-refractivity contribution in [1.82, 2.24) is 10.3 Å². The van der Waals surface area contributed by atoms with Gasteiger partial charge in [0.25, 0.3) is 0 Å². The fourth-order valence-corrected chi connectivity index (χ4v) is 3.11. The van der Waals surface area contributed by atoms with Gasteiger partial charge in [0.05, 0.1) is 10.7 Å². The minimum Gasteiger partial charge on any atom is -0.310 e. The Labute approximate surface area is 132 Å². The molecular weight excluding hydrogens is 276 g/mol. The van der Waals surface area contributed by atoms with Gasteiger partial charge in [-0.2, -0.15) is 0 Å². The second kappa shape index (κ2) is 6.71. The Morgan fingerprint density at radius 3 is 2.33 bits per heavy atom. The van der Waals surface area contributed by atoms with Crippen LogP contribution in [-0.2, 0) is 11.8 Å². The lowest BCUT2D eigenvalue weighted by Gasteiger charge is -2.22. The summed E-state index contributed by atoms with van der Waals surface area (Å²) < 4.78 is 0. The van der Waals surface area contributed by atoms with E-state index in [0.29, 0.717) is 6.04 Å². The molecule has 114 valence electrons. The third-order valence-electron chi connectivity index (χ3n) is 3.71. The molecule has 1 N–H and O–H groups in total. The molecule has 0 saturated heterocycles. The molecule has 2 aromatic rings. The lowest BCUT2D eigenvalue weighted by molar-refractivity contribution is 0.543. The van der Waals surface area contributed by atoms with Crippen LogP contribution in [0.2, 0.25) is 0 Å². The summed E-state index contributed by atoms with van der Waals surface area (Å²) in [7, 11) is 0. The monoisotopic (exact) mass is 302 g/mol. The van der Waals surface area contributed by atoms with Crippen molar-refractivity contribution in [3.63, 3.8) is 0 Å². The van der Waals surface area contributed by atoms with Gasteiger partial charge < -0.3 is 5.32 Å². The lowest BCUT2D eigenvalue weighted by atomic mass is 9.86. The predicted molar refractivity (Wildman–Crippen MR) is 92.1 cm³/mol. The Balaban J connectivity index is 2.17. The Kier molecular flexibility index (Phi) is 5.17. The molecule has 0 aliphatic rings. The number of aryl methyl sites for hydroxylation is 1. The largest absolute Gasteiger partial charge is 0.310 e. The third kappa shape index (κ3) is 4.39. The van der Waals surface area contributed by atoms with Gasteiger partial charge >= 0.3 is 0 Å². The van der Waals surface area contributed by atoms with Crippen LogP contribution in [0.4, 0.5) is 0 Å². The molecule has 0 aliphatic carbocycles. The highest BCUT2D eigenvalue weighted by atomic mass is 32.1. The molecule has 1 aromatic carbocycles. The van der Waals surface area contributed by atoms with Crippen LogP contribution < -0.4 is 5.32 Å². The summed E-state index contributed by atoms with van der Waals surface area (Å²) in [5.41, 5.74) is 4.11. The molecule has 0 spiro atoms. The molecular formula is C18H26N2S. The number of thiazole rings is 1. The van der Waals surface area contributed by atoms with E-state index in [-0.39, 0.29) is 5.41 Å². The molecule has 1 heterocycles. The number of hydrogen-bond acceptors (Lipinski definition) is 3. The molecule has 1 aromatic heterocycles. The molecule has 1 atom stereocenters. The maximum Gasteiger partial charge on any atom is 0.0897 e. The van der Waals surface area contributed by atoms with Crippen LogP contribution in [0.25, 0.3) is 0 Å². The van der Waals surface area contributed by atoms with Gasteiger partial charge in [0.1, 0.15) is 0 Å². The van der Waals surface area contributed by atoms with Crippen molar-refractivity contribution < 1.29 is 0 Å². The first kappa shape index (κ1) is 16.2. The van der Waals surface area contributed by atoms with Gasteiger partial charge in [0.2, 0.25) is 0 Å². The molecule has 21 heavy (non-hydrogen) atoms. The first-order valence-corrected chi connectivity index (χ1v) is 8.53. The summed E-state index contributed by atoms with van der Waals surface area (Å²) in [6.45, 7) is 11.9. The third-order valence-corrected chi connectivity index (χ3v) is 4.53. The van der Waals surface area contributed by atoms with Crippen molar-refractivity contribution in [2.75, 3.05) is 6.54 Å². The van der Waals surface area contributed by atoms with E-state index in [1.54, 1.807) is 11.3 Å². The van der Waals surface area contributed by atoms with Gasteiger partial charge in [-0.3, -0.25) is 0 Å². The van der Waals surface area contributed by atoms with Crippen LogP contribution in [0, 0.1) is 6.92 Å². The van der Waals surface area contributed by atoms with E-state index in [4.69, 9.17) is 0 Å². The van der Waals surface area contributed by atoms with Gasteiger partial charge in [0.15, 0.2) is 0 Å². The molecule has 0 radical (unpaired) electrons. The summed E-state index contributed by atoms with van der Waals surface area (Å²) in [4.78, 5) is 4.59. The van der Waals surface area contributed by atoms with Gasteiger partial charge in [-0.25, -0.2) is 4.98 Å². The Bertz CT molecular complexity index is 564. The highest BCUT2D eigenvalue weighted by Crippen LogP contribution is 2.25. The maximum atomic E-state index is 4.59. The number of hydrogen-bond donors (Lipinski definition) is 1. The van der Waals surface area contributed by atoms with Crippen molar-refractivity contribution in [2.24, 2.45) is 0 Å². The second-order valence-electron chi connectivity index (χ2n) is 6.54. The van der Waals surface area contributed by atoms with E-state index in [1.165, 1.54) is 16.8 Å². The second-order valence-corrected chi connectivity index (χ2v) is 7.61. The zero-order valence-corrected chi connectivity index (χ0v) is 14.6. The topological polar surface area (TPSA) is 24.9 Å². The highest BCUT2D eigenvalue weighted by molar-refractivity contribution is 7.09. The van der Waals surface area contributed by atoms with Crippen LogP contribution in [0.5, 0.6) is 0 Å². The number of aromatic nitrogens is 1. The smallest absolute Gasteiger partial charge is 0.0897 e. The molecule has 0 fully saturated rings. The maximum absolute atomic E-state index is 4.59. The van der Waals surface area contributed by atoms with Gasteiger partial charge in [-0.05, 0) is 30.0 Å². The normalized spacial score (nSPS) is 13.4. The molecule has 2 nitrogen and oxygen atoms in total. The van der Waals surface area contributed by atoms with E-state index in [1.807, 2.05) is 0 Å². The summed E-state index contributed by atoms with van der Waals surface area (Å²) >= 11 is 1.73. The van der Waals surface area contributed by atoms with E-state index in [2.05, 4.69) is 74.6 Å². The number of nitrogens with zero attached hydrogens (tertiary/aromatic N) is 1. The standard InChI is InChI=1S/C18H26N2S/c1-6-19-17(11-16-12-21-13(2)20-16)14-7-9-15(10-8-14)18(3,4)5/h7-10,12,17,19H,6,11H2,1-5H3. The molecule has 1 unspecified atom stereocenters. The van der Waals surface area contributed by atoms with E-state index in [9.17, 15) is 0 Å². The zero-order chi connectivity index (χ0) is 15.5. The Morgan fingerprint density at radius 1 is 1.19 bits per heavy atom. The van der Waals surface area contributed by atoms with Gasteiger partial charge in [0, 0.05) is 17.8 Å². The van der Waals surface area contributed by atoms with Crippen molar-refractivity contribution in [1.29, 1.82) is 0 Å². The van der Waals surface area contributed by atoms with Crippen LogP contribution >= 0.6 is 11.3 Å². The summed E-state index contributed by atoms with van der Waals surface area (Å²) in [5.74, 6) is 0.